The van der Waals surface area contributed by atoms with Crippen molar-refractivity contribution in [3.05, 3.63) is 48.5 Å². The molecule has 0 bridgehead atoms. The Balaban J connectivity index is 0.000000454. The molecule has 0 nitrogen and oxygen atoms in total. The molecule has 0 N–H and O–H groups in total. The van der Waals surface area contributed by atoms with Gasteiger partial charge >= 0.3 is 16.5 Å². The predicted octanol–water partition coefficient (Wildman–Crippen LogP) is 3.90. The molecule has 0 aliphatic rings. The van der Waals surface area contributed by atoms with E-state index in [0.29, 0.717) is 0 Å². The van der Waals surface area contributed by atoms with Crippen molar-refractivity contribution in [2.45, 2.75) is 39.3 Å². The number of rotatable bonds is 2. The summed E-state index contributed by atoms with van der Waals surface area (Å²) in [5, 5.41) is 3.23. The Morgan fingerprint density at radius 3 is 1.68 bits per heavy atom. The van der Waals surface area contributed by atoms with Crippen molar-refractivity contribution in [2.75, 3.05) is 0 Å². The third kappa shape index (κ3) is 6.55. The molecule has 3 heteroatoms. The number of hydrogen-bond acceptors (Lipinski definition) is 0. The molecule has 0 aliphatic carbocycles. The molecular formula is C16H26NiSi2. The molecule has 0 aliphatic heterocycles. The van der Waals surface area contributed by atoms with Gasteiger partial charge in [-0.25, -0.2) is 23.4 Å². The van der Waals surface area contributed by atoms with Gasteiger partial charge in [0.1, 0.15) is 0 Å². The van der Waals surface area contributed by atoms with E-state index >= 15 is 0 Å². The van der Waals surface area contributed by atoms with Crippen LogP contribution in [0.25, 0.3) is 0 Å². The minimum Gasteiger partial charge on any atom is -0.214 e. The standard InChI is InChI=1S/C11H21Si2.C5H5.Ni/c1-12(2,3)10-7-8-11(9-10)13(4,5)6;1-2-4-5-3-1;/h7-9H,1-6H3;1-5H;/q2*-1;+2. The van der Waals surface area contributed by atoms with Crippen LogP contribution in [0.5, 0.6) is 0 Å². The molecule has 0 saturated carbocycles. The van der Waals surface area contributed by atoms with Crippen molar-refractivity contribution in [3.63, 3.8) is 0 Å². The van der Waals surface area contributed by atoms with Crippen LogP contribution in [-0.4, -0.2) is 16.1 Å². The second-order valence-electron chi connectivity index (χ2n) is 6.85. The smallest absolute Gasteiger partial charge is 0.214 e. The summed E-state index contributed by atoms with van der Waals surface area (Å²) < 4.78 is 0. The van der Waals surface area contributed by atoms with Crippen molar-refractivity contribution in [1.29, 1.82) is 0 Å². The molecular weight excluding hydrogens is 307 g/mol. The van der Waals surface area contributed by atoms with Crippen LogP contribution in [-0.2, 0) is 16.5 Å². The first-order valence-corrected chi connectivity index (χ1v) is 13.7. The van der Waals surface area contributed by atoms with Crippen LogP contribution in [0.3, 0.4) is 0 Å². The Bertz CT molecular complexity index is 396. The average Bonchev–Trinajstić information content (AvgIpc) is 2.91. The van der Waals surface area contributed by atoms with E-state index in [1.165, 1.54) is 0 Å². The quantitative estimate of drug-likeness (QED) is 0.578. The summed E-state index contributed by atoms with van der Waals surface area (Å²) >= 11 is 0. The van der Waals surface area contributed by atoms with Crippen LogP contribution in [0.15, 0.2) is 48.5 Å². The second-order valence-corrected chi connectivity index (χ2v) is 17.0. The fraction of sp³-hybridized carbons (Fsp3) is 0.375. The van der Waals surface area contributed by atoms with Gasteiger partial charge < -0.3 is 0 Å². The average molecular weight is 333 g/mol. The predicted molar refractivity (Wildman–Crippen MR) is 90.0 cm³/mol. The molecule has 0 aromatic heterocycles. The largest absolute Gasteiger partial charge is 2.00 e. The fourth-order valence-corrected chi connectivity index (χ4v) is 4.19. The summed E-state index contributed by atoms with van der Waals surface area (Å²) in [7, 11) is -2.14. The molecule has 0 spiro atoms. The molecule has 0 saturated heterocycles. The third-order valence-electron chi connectivity index (χ3n) is 3.04. The van der Waals surface area contributed by atoms with E-state index in [4.69, 9.17) is 0 Å². The van der Waals surface area contributed by atoms with Crippen LogP contribution >= 0.6 is 0 Å². The van der Waals surface area contributed by atoms with Crippen molar-refractivity contribution < 1.29 is 16.5 Å². The van der Waals surface area contributed by atoms with E-state index in [0.717, 1.165) is 0 Å². The van der Waals surface area contributed by atoms with Crippen molar-refractivity contribution in [3.8, 4) is 0 Å². The maximum atomic E-state index is 2.46. The molecule has 0 atom stereocenters. The molecule has 0 radical (unpaired) electrons. The van der Waals surface area contributed by atoms with E-state index in [2.05, 4.69) is 57.5 Å². The van der Waals surface area contributed by atoms with E-state index in [1.54, 1.807) is 10.4 Å². The third-order valence-corrected chi connectivity index (χ3v) is 7.13. The molecule has 2 aromatic carbocycles. The summed E-state index contributed by atoms with van der Waals surface area (Å²) in [4.78, 5) is 0. The van der Waals surface area contributed by atoms with Gasteiger partial charge in [0.15, 0.2) is 0 Å². The SMILES string of the molecule is C[Si](C)(C)c1cc[c-]([Si](C)(C)C)c1.[Ni+2].c1cc[cH-]c1. The van der Waals surface area contributed by atoms with Crippen LogP contribution in [0.4, 0.5) is 0 Å². The van der Waals surface area contributed by atoms with Gasteiger partial charge in [0.05, 0.1) is 0 Å². The molecule has 0 heterocycles. The first-order chi connectivity index (χ1) is 8.21. The zero-order valence-corrected chi connectivity index (χ0v) is 15.9. The van der Waals surface area contributed by atoms with Crippen molar-refractivity contribution in [1.82, 2.24) is 0 Å². The molecule has 108 valence electrons. The molecule has 0 unspecified atom stereocenters. The van der Waals surface area contributed by atoms with E-state index < -0.39 is 16.1 Å². The number of hydrogen-bond donors (Lipinski definition) is 0. The Hall–Kier alpha value is -0.373. The Morgan fingerprint density at radius 1 is 0.947 bits per heavy atom. The first-order valence-electron chi connectivity index (χ1n) is 6.65. The Morgan fingerprint density at radius 2 is 1.47 bits per heavy atom. The van der Waals surface area contributed by atoms with Crippen molar-refractivity contribution in [2.24, 2.45) is 0 Å². The minimum absolute atomic E-state index is 0. The summed E-state index contributed by atoms with van der Waals surface area (Å²) in [5.74, 6) is 0. The topological polar surface area (TPSA) is 0 Å². The van der Waals surface area contributed by atoms with Crippen molar-refractivity contribution >= 4 is 26.5 Å². The second kappa shape index (κ2) is 7.42. The maximum Gasteiger partial charge on any atom is 2.00 e. The van der Waals surface area contributed by atoms with Crippen LogP contribution in [0, 0.1) is 0 Å². The monoisotopic (exact) mass is 332 g/mol. The van der Waals surface area contributed by atoms with E-state index in [-0.39, 0.29) is 16.5 Å². The van der Waals surface area contributed by atoms with Gasteiger partial charge in [0, 0.05) is 16.1 Å². The van der Waals surface area contributed by atoms with Gasteiger partial charge in [-0.2, -0.15) is 35.5 Å². The van der Waals surface area contributed by atoms with Gasteiger partial charge in [-0.1, -0.05) is 39.3 Å². The van der Waals surface area contributed by atoms with Gasteiger partial charge in [0.25, 0.3) is 0 Å². The molecule has 0 amide bonds. The van der Waals surface area contributed by atoms with Gasteiger partial charge in [-0.05, 0) is 0 Å². The molecule has 19 heavy (non-hydrogen) atoms. The normalized spacial score (nSPS) is 11.3. The summed E-state index contributed by atoms with van der Waals surface area (Å²) in [6.07, 6.45) is 0. The van der Waals surface area contributed by atoms with E-state index in [1.807, 2.05) is 30.3 Å². The van der Waals surface area contributed by atoms with Gasteiger partial charge in [0.2, 0.25) is 0 Å². The molecule has 2 rings (SSSR count). The summed E-state index contributed by atoms with van der Waals surface area (Å²) in [6.45, 7) is 14.5. The fourth-order valence-electron chi connectivity index (χ4n) is 1.70. The molecule has 2 aromatic rings. The van der Waals surface area contributed by atoms with E-state index in [9.17, 15) is 0 Å². The van der Waals surface area contributed by atoms with Crippen LogP contribution < -0.4 is 10.4 Å². The Kier molecular flexibility index (Phi) is 7.27. The summed E-state index contributed by atoms with van der Waals surface area (Å²) in [6, 6.07) is 17.2. The summed E-state index contributed by atoms with van der Waals surface area (Å²) in [5.41, 5.74) is 0. The van der Waals surface area contributed by atoms with Crippen LogP contribution in [0.1, 0.15) is 0 Å². The maximum absolute atomic E-state index is 2.46. The minimum atomic E-state index is -1.07. The zero-order chi connectivity index (χ0) is 13.8. The first kappa shape index (κ1) is 18.6. The van der Waals surface area contributed by atoms with Crippen LogP contribution in [0.2, 0.25) is 39.3 Å². The molecule has 0 fully saturated rings. The Labute approximate surface area is 130 Å². The zero-order valence-electron chi connectivity index (χ0n) is 12.9. The van der Waals surface area contributed by atoms with Gasteiger partial charge in [-0.3, -0.25) is 0 Å². The van der Waals surface area contributed by atoms with Gasteiger partial charge in [-0.15, -0.1) is 0 Å².